The van der Waals surface area contributed by atoms with Crippen molar-refractivity contribution in [2.24, 2.45) is 0 Å². The van der Waals surface area contributed by atoms with E-state index in [1.165, 1.54) is 24.3 Å². The molecule has 4 atom stereocenters. The Labute approximate surface area is 185 Å². The van der Waals surface area contributed by atoms with Gasteiger partial charge in [-0.05, 0) is 12.1 Å². The van der Waals surface area contributed by atoms with Gasteiger partial charge in [0, 0.05) is 0 Å². The summed E-state index contributed by atoms with van der Waals surface area (Å²) in [6, 6.07) is 5.27. The molecule has 0 bridgehead atoms. The molecule has 1 fully saturated rings. The SMILES string of the molecule is Nc1nc(S(=O)(=O)NC(=O)c2ccccc2O)nc2c1nc(N)n2[C@@H]1O[C@H](CO)C(O)C1O. The van der Waals surface area contributed by atoms with Crippen LogP contribution in [-0.2, 0) is 14.8 Å². The van der Waals surface area contributed by atoms with Crippen LogP contribution >= 0.6 is 0 Å². The molecule has 1 aromatic carbocycles. The topological polar surface area (TPSA) is 249 Å². The van der Waals surface area contributed by atoms with Crippen molar-refractivity contribution in [3.05, 3.63) is 29.8 Å². The molecule has 0 spiro atoms. The molecule has 16 heteroatoms. The van der Waals surface area contributed by atoms with Crippen molar-refractivity contribution in [1.29, 1.82) is 0 Å². The monoisotopic (exact) mass is 481 g/mol. The highest BCUT2D eigenvalue weighted by atomic mass is 32.2. The van der Waals surface area contributed by atoms with Crippen LogP contribution in [0, 0.1) is 0 Å². The number of nitrogen functional groups attached to an aromatic ring is 2. The Balaban J connectivity index is 1.76. The van der Waals surface area contributed by atoms with E-state index in [0.29, 0.717) is 0 Å². The largest absolute Gasteiger partial charge is 0.507 e. The van der Waals surface area contributed by atoms with Crippen molar-refractivity contribution in [2.75, 3.05) is 18.1 Å². The fourth-order valence-corrected chi connectivity index (χ4v) is 4.21. The maximum absolute atomic E-state index is 12.8. The number of hydrogen-bond acceptors (Lipinski definition) is 13. The molecule has 3 heterocycles. The number of phenols is 1. The van der Waals surface area contributed by atoms with Gasteiger partial charge in [0.15, 0.2) is 23.2 Å². The van der Waals surface area contributed by atoms with Crippen LogP contribution < -0.4 is 16.2 Å². The van der Waals surface area contributed by atoms with E-state index >= 15 is 0 Å². The Morgan fingerprint density at radius 1 is 1.15 bits per heavy atom. The summed E-state index contributed by atoms with van der Waals surface area (Å²) in [5.74, 6) is -2.30. The zero-order valence-electron chi connectivity index (χ0n) is 16.6. The zero-order chi connectivity index (χ0) is 24.1. The second kappa shape index (κ2) is 8.09. The van der Waals surface area contributed by atoms with Crippen LogP contribution in [0.1, 0.15) is 16.6 Å². The van der Waals surface area contributed by atoms with Crippen LogP contribution in [0.2, 0.25) is 0 Å². The number of para-hydroxylation sites is 1. The Hall–Kier alpha value is -3.57. The molecule has 3 aromatic rings. The first-order valence-corrected chi connectivity index (χ1v) is 10.8. The first-order chi connectivity index (χ1) is 15.5. The number of nitrogens with two attached hydrogens (primary N) is 2. The highest BCUT2D eigenvalue weighted by Gasteiger charge is 2.45. The molecule has 1 amide bonds. The van der Waals surface area contributed by atoms with Crippen molar-refractivity contribution >= 4 is 38.9 Å². The smallest absolute Gasteiger partial charge is 0.300 e. The Bertz CT molecular complexity index is 1340. The molecular weight excluding hydrogens is 462 g/mol. The van der Waals surface area contributed by atoms with Crippen molar-refractivity contribution < 1.29 is 38.4 Å². The van der Waals surface area contributed by atoms with Gasteiger partial charge in [0.2, 0.25) is 5.95 Å². The van der Waals surface area contributed by atoms with Crippen LogP contribution in [0.15, 0.2) is 29.4 Å². The molecule has 1 aliphatic heterocycles. The van der Waals surface area contributed by atoms with E-state index in [1.807, 2.05) is 0 Å². The van der Waals surface area contributed by atoms with Gasteiger partial charge in [-0.1, -0.05) is 12.1 Å². The van der Waals surface area contributed by atoms with E-state index in [0.717, 1.165) is 4.57 Å². The summed E-state index contributed by atoms with van der Waals surface area (Å²) in [5.41, 5.74) is 11.0. The summed E-state index contributed by atoms with van der Waals surface area (Å²) < 4.78 is 33.7. The van der Waals surface area contributed by atoms with Gasteiger partial charge in [0.1, 0.15) is 24.1 Å². The highest BCUT2D eigenvalue weighted by molar-refractivity contribution is 7.89. The number of ether oxygens (including phenoxy) is 1. The van der Waals surface area contributed by atoms with Crippen molar-refractivity contribution in [2.45, 2.75) is 29.7 Å². The molecule has 9 N–H and O–H groups in total. The maximum Gasteiger partial charge on any atom is 0.300 e. The average molecular weight is 481 g/mol. The third kappa shape index (κ3) is 3.79. The van der Waals surface area contributed by atoms with E-state index in [-0.39, 0.29) is 22.7 Å². The highest BCUT2D eigenvalue weighted by Crippen LogP contribution is 2.34. The summed E-state index contributed by atoms with van der Waals surface area (Å²) >= 11 is 0. The quantitative estimate of drug-likeness (QED) is 0.185. The molecule has 1 saturated heterocycles. The summed E-state index contributed by atoms with van der Waals surface area (Å²) in [5, 5.41) is 38.5. The lowest BCUT2D eigenvalue weighted by Gasteiger charge is -2.18. The van der Waals surface area contributed by atoms with Crippen LogP contribution in [0.3, 0.4) is 0 Å². The molecule has 0 radical (unpaired) electrons. The first kappa shape index (κ1) is 22.6. The first-order valence-electron chi connectivity index (χ1n) is 9.33. The number of rotatable bonds is 5. The lowest BCUT2D eigenvalue weighted by molar-refractivity contribution is -0.0501. The van der Waals surface area contributed by atoms with E-state index in [2.05, 4.69) is 15.0 Å². The summed E-state index contributed by atoms with van der Waals surface area (Å²) in [4.78, 5) is 23.9. The molecule has 176 valence electrons. The van der Waals surface area contributed by atoms with Gasteiger partial charge in [-0.15, -0.1) is 0 Å². The van der Waals surface area contributed by atoms with Gasteiger partial charge in [-0.3, -0.25) is 9.36 Å². The molecule has 0 saturated carbocycles. The van der Waals surface area contributed by atoms with Gasteiger partial charge >= 0.3 is 0 Å². The van der Waals surface area contributed by atoms with Gasteiger partial charge in [-0.2, -0.15) is 18.4 Å². The molecule has 2 aromatic heterocycles. The number of fused-ring (bicyclic) bond motifs is 1. The van der Waals surface area contributed by atoms with Crippen molar-refractivity contribution in [3.63, 3.8) is 0 Å². The lowest BCUT2D eigenvalue weighted by atomic mass is 10.1. The Morgan fingerprint density at radius 3 is 2.48 bits per heavy atom. The van der Waals surface area contributed by atoms with Gasteiger partial charge < -0.3 is 36.6 Å². The minimum absolute atomic E-state index is 0.129. The number of benzene rings is 1. The van der Waals surface area contributed by atoms with Gasteiger partial charge in [-0.25, -0.2) is 9.71 Å². The van der Waals surface area contributed by atoms with Gasteiger partial charge in [0.05, 0.1) is 12.2 Å². The summed E-state index contributed by atoms with van der Waals surface area (Å²) in [6.07, 6.45) is -5.58. The zero-order valence-corrected chi connectivity index (χ0v) is 17.4. The van der Waals surface area contributed by atoms with Gasteiger partial charge in [0.25, 0.3) is 21.1 Å². The van der Waals surface area contributed by atoms with E-state index in [9.17, 15) is 33.6 Å². The van der Waals surface area contributed by atoms with Crippen molar-refractivity contribution in [1.82, 2.24) is 24.2 Å². The van der Waals surface area contributed by atoms with Crippen LogP contribution in [0.5, 0.6) is 5.75 Å². The molecule has 1 aliphatic rings. The molecule has 0 aliphatic carbocycles. The number of sulfonamides is 1. The number of aliphatic hydroxyl groups is 3. The van der Waals surface area contributed by atoms with Crippen LogP contribution in [0.25, 0.3) is 11.2 Å². The number of aliphatic hydroxyl groups excluding tert-OH is 3. The predicted octanol–water partition coefficient (Wildman–Crippen LogP) is -2.57. The number of imidazole rings is 1. The van der Waals surface area contributed by atoms with E-state index in [1.54, 1.807) is 4.72 Å². The fraction of sp³-hybridized carbons (Fsp3) is 0.294. The number of anilines is 2. The number of phenolic OH excluding ortho intramolecular Hbond substituents is 1. The number of amides is 1. The maximum atomic E-state index is 12.8. The normalized spacial score (nSPS) is 23.1. The second-order valence-corrected chi connectivity index (χ2v) is 8.66. The molecule has 33 heavy (non-hydrogen) atoms. The number of hydrogen-bond donors (Lipinski definition) is 7. The second-order valence-electron chi connectivity index (χ2n) is 7.08. The molecule has 15 nitrogen and oxygen atoms in total. The predicted molar refractivity (Wildman–Crippen MR) is 110 cm³/mol. The standard InChI is InChI=1S/C17H19N7O8S/c18-12-9-13(24(16(19)20-9)15-11(28)10(27)8(5-25)32-15)22-17(21-12)33(30,31)23-14(29)6-3-1-2-4-7(6)26/h1-4,8,10-11,15,25-28H,5H2,(H2,19,20)(H,23,29)(H2,18,21,22)/t8-,10?,11?,15-/m1/s1. The van der Waals surface area contributed by atoms with Crippen molar-refractivity contribution in [3.8, 4) is 5.75 Å². The van der Waals surface area contributed by atoms with E-state index in [4.69, 9.17) is 16.2 Å². The lowest BCUT2D eigenvalue weighted by Crippen LogP contribution is -2.33. The summed E-state index contributed by atoms with van der Waals surface area (Å²) in [6.45, 7) is -0.615. The number of carbonyl (C=O) groups excluding carboxylic acids is 1. The van der Waals surface area contributed by atoms with E-state index < -0.39 is 63.8 Å². The number of nitrogens with one attached hydrogen (secondary N) is 1. The number of carbonyl (C=O) groups is 1. The molecular formula is C17H19N7O8S. The number of aromatic hydroxyl groups is 1. The van der Waals surface area contributed by atoms with Crippen LogP contribution in [0.4, 0.5) is 11.8 Å². The number of aromatic nitrogens is 4. The van der Waals surface area contributed by atoms with Crippen LogP contribution in [-0.4, -0.2) is 79.2 Å². The molecule has 2 unspecified atom stereocenters. The molecule has 4 rings (SSSR count). The number of nitrogens with zero attached hydrogens (tertiary/aromatic N) is 4. The Morgan fingerprint density at radius 2 is 1.85 bits per heavy atom. The fourth-order valence-electron chi connectivity index (χ4n) is 3.34. The minimum Gasteiger partial charge on any atom is -0.507 e. The minimum atomic E-state index is -4.70. The average Bonchev–Trinajstić information content (AvgIpc) is 3.24. The Kier molecular flexibility index (Phi) is 5.54. The summed E-state index contributed by atoms with van der Waals surface area (Å²) in [7, 11) is -4.70. The third-order valence-corrected chi connectivity index (χ3v) is 6.08. The third-order valence-electron chi connectivity index (χ3n) is 4.96.